The van der Waals surface area contributed by atoms with Gasteiger partial charge >= 0.3 is 0 Å². The van der Waals surface area contributed by atoms with Gasteiger partial charge in [-0.1, -0.05) is 132 Å². The van der Waals surface area contributed by atoms with Gasteiger partial charge < -0.3 is 0 Å². The maximum Gasteiger partial charge on any atom is 0.113 e. The maximum absolute atomic E-state index is 2.56. The summed E-state index contributed by atoms with van der Waals surface area (Å²) in [6, 6.07) is 31.4. The molecule has 6 rings (SSSR count). The van der Waals surface area contributed by atoms with Crippen LogP contribution in [-0.2, 0) is 12.8 Å². The molecule has 1 heteroatoms. The molecule has 0 unspecified atom stereocenters. The van der Waals surface area contributed by atoms with E-state index < -0.39 is 8.07 Å². The average molecular weight is 469 g/mol. The van der Waals surface area contributed by atoms with Crippen molar-refractivity contribution in [2.75, 3.05) is 0 Å². The van der Waals surface area contributed by atoms with Gasteiger partial charge in [0.25, 0.3) is 0 Å². The summed E-state index contributed by atoms with van der Waals surface area (Å²) in [6.45, 7) is 9.69. The number of fused-ring (bicyclic) bond motifs is 2. The van der Waals surface area contributed by atoms with Crippen LogP contribution in [0.3, 0.4) is 0 Å². The molecular formula is C34H32Si. The lowest BCUT2D eigenvalue weighted by atomic mass is 9.97. The van der Waals surface area contributed by atoms with E-state index in [4.69, 9.17) is 0 Å². The van der Waals surface area contributed by atoms with Crippen molar-refractivity contribution in [2.24, 2.45) is 0 Å². The fourth-order valence-corrected chi connectivity index (χ4v) is 9.49. The minimum Gasteiger partial charge on any atom is -0.0683 e. The number of hydrogen-bond donors (Lipinski definition) is 0. The summed E-state index contributed by atoms with van der Waals surface area (Å²) in [7, 11) is -1.94. The molecule has 2 aliphatic rings. The molecule has 35 heavy (non-hydrogen) atoms. The number of benzene rings is 4. The first-order valence-corrected chi connectivity index (χ1v) is 15.7. The zero-order valence-electron chi connectivity index (χ0n) is 21.2. The van der Waals surface area contributed by atoms with Crippen molar-refractivity contribution < 1.29 is 0 Å². The Morgan fingerprint density at radius 3 is 1.31 bits per heavy atom. The summed E-state index contributed by atoms with van der Waals surface area (Å²) in [5.41, 5.74) is 14.3. The monoisotopic (exact) mass is 468 g/mol. The van der Waals surface area contributed by atoms with Gasteiger partial charge in [0.1, 0.15) is 8.07 Å². The quantitative estimate of drug-likeness (QED) is 0.268. The molecule has 0 N–H and O–H groups in total. The van der Waals surface area contributed by atoms with Gasteiger partial charge in [-0.2, -0.15) is 0 Å². The molecule has 0 aliphatic heterocycles. The number of rotatable bonds is 4. The van der Waals surface area contributed by atoms with Gasteiger partial charge in [0.05, 0.1) is 0 Å². The Morgan fingerprint density at radius 2 is 0.914 bits per heavy atom. The first kappa shape index (κ1) is 22.1. The third-order valence-electron chi connectivity index (χ3n) is 7.92. The van der Waals surface area contributed by atoms with Crippen LogP contribution in [0.2, 0.25) is 13.1 Å². The zero-order chi connectivity index (χ0) is 24.2. The average Bonchev–Trinajstić information content (AvgIpc) is 3.45. The van der Waals surface area contributed by atoms with E-state index in [0.717, 1.165) is 12.8 Å². The van der Waals surface area contributed by atoms with E-state index in [1.165, 1.54) is 44.5 Å². The summed E-state index contributed by atoms with van der Waals surface area (Å²) in [5.74, 6) is 0. The molecule has 4 aromatic carbocycles. The van der Waals surface area contributed by atoms with Gasteiger partial charge in [0.15, 0.2) is 0 Å². The second kappa shape index (κ2) is 8.36. The van der Waals surface area contributed by atoms with E-state index in [2.05, 4.69) is 124 Å². The molecule has 0 amide bonds. The second-order valence-electron chi connectivity index (χ2n) is 10.8. The number of hydrogen-bond acceptors (Lipinski definition) is 0. The Bertz CT molecular complexity index is 1390. The summed E-state index contributed by atoms with van der Waals surface area (Å²) in [6.07, 6.45) is 7.01. The first-order chi connectivity index (χ1) is 16.9. The third kappa shape index (κ3) is 3.66. The molecule has 0 atom stereocenters. The van der Waals surface area contributed by atoms with Crippen LogP contribution in [0.15, 0.2) is 96.1 Å². The van der Waals surface area contributed by atoms with Gasteiger partial charge in [-0.05, 0) is 71.2 Å². The van der Waals surface area contributed by atoms with Crippen molar-refractivity contribution in [1.29, 1.82) is 0 Å². The van der Waals surface area contributed by atoms with Crippen LogP contribution in [0.5, 0.6) is 0 Å². The normalized spacial score (nSPS) is 14.4. The van der Waals surface area contributed by atoms with Crippen LogP contribution in [0.25, 0.3) is 34.4 Å². The molecule has 0 saturated carbocycles. The summed E-state index contributed by atoms with van der Waals surface area (Å²) >= 11 is 0. The van der Waals surface area contributed by atoms with E-state index in [1.807, 2.05) is 0 Å². The van der Waals surface area contributed by atoms with Gasteiger partial charge in [0.2, 0.25) is 0 Å². The van der Waals surface area contributed by atoms with Crippen LogP contribution in [0.1, 0.15) is 36.1 Å². The van der Waals surface area contributed by atoms with Gasteiger partial charge in [-0.15, -0.1) is 0 Å². The van der Waals surface area contributed by atoms with Gasteiger partial charge in [0, 0.05) is 0 Å². The standard InChI is InChI=1S/C34H32Si/c1-23-19-29-27(25-11-7-5-8-12-25)15-17-33(31(29)21-23)35(3,4)34-18-16-28(26-13-9-6-10-14-26)30-20-24(2)22-32(30)34/h5-20H,21-22H2,1-4H3. The minimum absolute atomic E-state index is 1.07. The zero-order valence-corrected chi connectivity index (χ0v) is 22.2. The van der Waals surface area contributed by atoms with Crippen molar-refractivity contribution in [3.8, 4) is 22.3 Å². The molecule has 172 valence electrons. The Balaban J connectivity index is 1.51. The Kier molecular flexibility index (Phi) is 5.27. The second-order valence-corrected chi connectivity index (χ2v) is 15.1. The summed E-state index contributed by atoms with van der Waals surface area (Å²) in [5, 5.41) is 3.19. The Morgan fingerprint density at radius 1 is 0.514 bits per heavy atom. The Labute approximate surface area is 210 Å². The first-order valence-electron chi connectivity index (χ1n) is 12.7. The highest BCUT2D eigenvalue weighted by Gasteiger charge is 2.35. The van der Waals surface area contributed by atoms with Crippen molar-refractivity contribution in [2.45, 2.75) is 39.8 Å². The predicted molar refractivity (Wildman–Crippen MR) is 155 cm³/mol. The third-order valence-corrected chi connectivity index (χ3v) is 11.6. The van der Waals surface area contributed by atoms with E-state index in [1.54, 1.807) is 21.5 Å². The number of allylic oxidation sites excluding steroid dienone is 2. The molecule has 0 aromatic heterocycles. The van der Waals surface area contributed by atoms with Crippen LogP contribution in [0, 0.1) is 0 Å². The lowest BCUT2D eigenvalue weighted by Crippen LogP contribution is -2.55. The molecular weight excluding hydrogens is 436 g/mol. The topological polar surface area (TPSA) is 0 Å². The molecule has 4 aromatic rings. The van der Waals surface area contributed by atoms with E-state index in [-0.39, 0.29) is 0 Å². The van der Waals surface area contributed by atoms with Crippen molar-refractivity contribution in [1.82, 2.24) is 0 Å². The molecule has 2 aliphatic carbocycles. The fourth-order valence-electron chi connectivity index (χ4n) is 6.25. The maximum atomic E-state index is 2.56. The smallest absolute Gasteiger partial charge is 0.0683 e. The molecule has 0 spiro atoms. The molecule has 0 radical (unpaired) electrons. The highest BCUT2D eigenvalue weighted by molar-refractivity contribution is 7.01. The van der Waals surface area contributed by atoms with Crippen molar-refractivity contribution in [3.63, 3.8) is 0 Å². The molecule has 0 nitrogen and oxygen atoms in total. The van der Waals surface area contributed by atoms with Crippen molar-refractivity contribution in [3.05, 3.63) is 118 Å². The predicted octanol–water partition coefficient (Wildman–Crippen LogP) is 7.76. The van der Waals surface area contributed by atoms with Crippen LogP contribution in [0.4, 0.5) is 0 Å². The fraction of sp³-hybridized carbons (Fsp3) is 0.176. The molecule has 0 saturated heterocycles. The summed E-state index contributed by atoms with van der Waals surface area (Å²) in [4.78, 5) is 0. The van der Waals surface area contributed by atoms with E-state index in [9.17, 15) is 0 Å². The molecule has 0 bridgehead atoms. The highest BCUT2D eigenvalue weighted by atomic mass is 28.3. The lowest BCUT2D eigenvalue weighted by Gasteiger charge is -2.30. The van der Waals surface area contributed by atoms with Gasteiger partial charge in [-0.3, -0.25) is 0 Å². The highest BCUT2D eigenvalue weighted by Crippen LogP contribution is 2.37. The largest absolute Gasteiger partial charge is 0.113 e. The van der Waals surface area contributed by atoms with Gasteiger partial charge in [-0.25, -0.2) is 0 Å². The Hall–Kier alpha value is -3.42. The van der Waals surface area contributed by atoms with Crippen LogP contribution >= 0.6 is 0 Å². The summed E-state index contributed by atoms with van der Waals surface area (Å²) < 4.78 is 0. The van der Waals surface area contributed by atoms with Crippen LogP contribution < -0.4 is 10.4 Å². The van der Waals surface area contributed by atoms with E-state index >= 15 is 0 Å². The van der Waals surface area contributed by atoms with Crippen LogP contribution in [-0.4, -0.2) is 8.07 Å². The minimum atomic E-state index is -1.94. The molecule has 0 heterocycles. The van der Waals surface area contributed by atoms with E-state index in [0.29, 0.717) is 0 Å². The van der Waals surface area contributed by atoms with Crippen molar-refractivity contribution >= 4 is 30.6 Å². The lowest BCUT2D eigenvalue weighted by molar-refractivity contribution is 1.20. The SMILES string of the molecule is CC1=Cc2c(-c3ccccc3)ccc([Si](C)(C)c3ccc(-c4ccccc4)c4c3CC(C)=C4)c2C1. The molecule has 0 fully saturated rings.